The van der Waals surface area contributed by atoms with E-state index in [0.717, 1.165) is 23.5 Å². The number of rotatable bonds is 4. The smallest absolute Gasteiger partial charge is 0.339 e. The average molecular weight is 410 g/mol. The highest BCUT2D eigenvalue weighted by molar-refractivity contribution is 7.18. The maximum Gasteiger partial charge on any atom is 0.416 e. The fourth-order valence-corrected chi connectivity index (χ4v) is 3.66. The second-order valence-corrected chi connectivity index (χ2v) is 7.26. The van der Waals surface area contributed by atoms with Crippen molar-refractivity contribution in [2.24, 2.45) is 5.92 Å². The van der Waals surface area contributed by atoms with Gasteiger partial charge >= 0.3 is 6.18 Å². The van der Waals surface area contributed by atoms with E-state index < -0.39 is 11.7 Å². The lowest BCUT2D eigenvalue weighted by Crippen LogP contribution is -2.40. The van der Waals surface area contributed by atoms with Crippen LogP contribution in [0.2, 0.25) is 0 Å². The first-order chi connectivity index (χ1) is 13.3. The van der Waals surface area contributed by atoms with Crippen molar-refractivity contribution in [3.05, 3.63) is 42.5 Å². The zero-order chi connectivity index (χ0) is 20.3. The number of halogens is 3. The first kappa shape index (κ1) is 20.0. The summed E-state index contributed by atoms with van der Waals surface area (Å²) in [6, 6.07) is 4.79. The standard InChI is InChI=1S/C18H17F3N4O2S/c1-2-14(26)25-8-6-11(7-9-25)15(27)22-17-24-23-16(28-17)12-4-3-5-13(10-12)18(19,20)21/h2-5,10-11H,1,6-9H2,(H,22,24,27). The van der Waals surface area contributed by atoms with Crippen LogP contribution in [0.4, 0.5) is 18.3 Å². The van der Waals surface area contributed by atoms with Gasteiger partial charge in [-0.25, -0.2) is 0 Å². The van der Waals surface area contributed by atoms with Gasteiger partial charge in [0.2, 0.25) is 16.9 Å². The molecular formula is C18H17F3N4O2S. The number of amides is 2. The Morgan fingerprint density at radius 3 is 2.61 bits per heavy atom. The first-order valence-corrected chi connectivity index (χ1v) is 9.33. The van der Waals surface area contributed by atoms with Gasteiger partial charge in [0, 0.05) is 24.6 Å². The highest BCUT2D eigenvalue weighted by atomic mass is 32.1. The minimum atomic E-state index is -4.44. The van der Waals surface area contributed by atoms with E-state index in [1.165, 1.54) is 18.2 Å². The third-order valence-electron chi connectivity index (χ3n) is 4.44. The van der Waals surface area contributed by atoms with E-state index in [0.29, 0.717) is 25.9 Å². The zero-order valence-corrected chi connectivity index (χ0v) is 15.5. The van der Waals surface area contributed by atoms with Crippen LogP contribution in [0.1, 0.15) is 18.4 Å². The van der Waals surface area contributed by atoms with Gasteiger partial charge in [-0.3, -0.25) is 9.59 Å². The number of carbonyl (C=O) groups excluding carboxylic acids is 2. The van der Waals surface area contributed by atoms with Gasteiger partial charge in [0.1, 0.15) is 5.01 Å². The Kier molecular flexibility index (Phi) is 5.78. The summed E-state index contributed by atoms with van der Waals surface area (Å²) in [7, 11) is 0. The molecule has 0 unspecified atom stereocenters. The molecule has 1 aliphatic heterocycles. The van der Waals surface area contributed by atoms with Crippen molar-refractivity contribution in [2.45, 2.75) is 19.0 Å². The number of likely N-dealkylation sites (tertiary alicyclic amines) is 1. The van der Waals surface area contributed by atoms with E-state index >= 15 is 0 Å². The summed E-state index contributed by atoms with van der Waals surface area (Å²) in [6.45, 7) is 4.38. The Balaban J connectivity index is 1.63. The fraction of sp³-hybridized carbons (Fsp3) is 0.333. The predicted octanol–water partition coefficient (Wildman–Crippen LogP) is 3.59. The topological polar surface area (TPSA) is 75.2 Å². The summed E-state index contributed by atoms with van der Waals surface area (Å²) in [5.74, 6) is -0.666. The number of nitrogens with zero attached hydrogens (tertiary/aromatic N) is 3. The van der Waals surface area contributed by atoms with Crippen LogP contribution in [0.5, 0.6) is 0 Å². The van der Waals surface area contributed by atoms with Crippen molar-refractivity contribution in [1.29, 1.82) is 0 Å². The summed E-state index contributed by atoms with van der Waals surface area (Å²) in [4.78, 5) is 25.6. The molecule has 1 aromatic heterocycles. The number of hydrogen-bond acceptors (Lipinski definition) is 5. The van der Waals surface area contributed by atoms with E-state index in [-0.39, 0.29) is 33.4 Å². The van der Waals surface area contributed by atoms with Gasteiger partial charge in [-0.2, -0.15) is 13.2 Å². The van der Waals surface area contributed by atoms with Crippen molar-refractivity contribution in [3.63, 3.8) is 0 Å². The lowest BCUT2D eigenvalue weighted by molar-refractivity contribution is -0.137. The number of aromatic nitrogens is 2. The highest BCUT2D eigenvalue weighted by Crippen LogP contribution is 2.34. The maximum atomic E-state index is 12.8. The van der Waals surface area contributed by atoms with Crippen LogP contribution >= 0.6 is 11.3 Å². The average Bonchev–Trinajstić information content (AvgIpc) is 3.15. The molecule has 0 saturated carbocycles. The van der Waals surface area contributed by atoms with Crippen LogP contribution in [0.15, 0.2) is 36.9 Å². The molecule has 1 fully saturated rings. The third-order valence-corrected chi connectivity index (χ3v) is 5.33. The molecule has 2 amide bonds. The minimum absolute atomic E-state index is 0.159. The summed E-state index contributed by atoms with van der Waals surface area (Å²) in [5, 5.41) is 10.9. The number of benzene rings is 1. The molecule has 0 atom stereocenters. The zero-order valence-electron chi connectivity index (χ0n) is 14.7. The number of carbonyl (C=O) groups is 2. The largest absolute Gasteiger partial charge is 0.416 e. The number of anilines is 1. The molecule has 28 heavy (non-hydrogen) atoms. The van der Waals surface area contributed by atoms with Gasteiger partial charge in [0.15, 0.2) is 0 Å². The van der Waals surface area contributed by atoms with Crippen LogP contribution in [-0.4, -0.2) is 40.0 Å². The van der Waals surface area contributed by atoms with Crippen molar-refractivity contribution in [1.82, 2.24) is 15.1 Å². The molecule has 1 aliphatic rings. The van der Waals surface area contributed by atoms with Crippen molar-refractivity contribution >= 4 is 28.3 Å². The summed E-state index contributed by atoms with van der Waals surface area (Å²) in [6.07, 6.45) is -2.16. The quantitative estimate of drug-likeness (QED) is 0.782. The van der Waals surface area contributed by atoms with Gasteiger partial charge in [0.05, 0.1) is 5.56 Å². The Labute approximate surface area is 163 Å². The van der Waals surface area contributed by atoms with Crippen molar-refractivity contribution in [2.75, 3.05) is 18.4 Å². The monoisotopic (exact) mass is 410 g/mol. The highest BCUT2D eigenvalue weighted by Gasteiger charge is 2.31. The minimum Gasteiger partial charge on any atom is -0.339 e. The molecule has 3 rings (SSSR count). The third kappa shape index (κ3) is 4.56. The van der Waals surface area contributed by atoms with Crippen LogP contribution < -0.4 is 5.32 Å². The van der Waals surface area contributed by atoms with Crippen LogP contribution in [0, 0.1) is 5.92 Å². The molecule has 1 saturated heterocycles. The predicted molar refractivity (Wildman–Crippen MR) is 98.5 cm³/mol. The molecule has 2 heterocycles. The number of nitrogens with one attached hydrogen (secondary N) is 1. The first-order valence-electron chi connectivity index (χ1n) is 8.51. The molecular weight excluding hydrogens is 393 g/mol. The molecule has 10 heteroatoms. The molecule has 1 N–H and O–H groups in total. The summed E-state index contributed by atoms with van der Waals surface area (Å²) >= 11 is 1.01. The number of alkyl halides is 3. The van der Waals surface area contributed by atoms with Crippen LogP contribution in [-0.2, 0) is 15.8 Å². The SMILES string of the molecule is C=CC(=O)N1CCC(C(=O)Nc2nnc(-c3cccc(C(F)(F)F)c3)s2)CC1. The molecule has 0 radical (unpaired) electrons. The molecule has 6 nitrogen and oxygen atoms in total. The Morgan fingerprint density at radius 1 is 1.25 bits per heavy atom. The van der Waals surface area contributed by atoms with Crippen molar-refractivity contribution < 1.29 is 22.8 Å². The van der Waals surface area contributed by atoms with E-state index in [2.05, 4.69) is 22.1 Å². The maximum absolute atomic E-state index is 12.8. The molecule has 0 aliphatic carbocycles. The summed E-state index contributed by atoms with van der Waals surface area (Å²) < 4.78 is 38.5. The molecule has 2 aromatic rings. The van der Waals surface area contributed by atoms with E-state index in [1.807, 2.05) is 0 Å². The molecule has 0 spiro atoms. The Hall–Kier alpha value is -2.75. The van der Waals surface area contributed by atoms with Gasteiger partial charge in [-0.1, -0.05) is 30.0 Å². The lowest BCUT2D eigenvalue weighted by atomic mass is 9.96. The van der Waals surface area contributed by atoms with Gasteiger partial charge < -0.3 is 10.2 Å². The number of piperidine rings is 1. The second-order valence-electron chi connectivity index (χ2n) is 6.28. The van der Waals surface area contributed by atoms with Crippen LogP contribution in [0.3, 0.4) is 0 Å². The second kappa shape index (κ2) is 8.09. The fourth-order valence-electron chi connectivity index (χ4n) is 2.92. The van der Waals surface area contributed by atoms with Gasteiger partial charge in [-0.15, -0.1) is 10.2 Å². The Morgan fingerprint density at radius 2 is 1.96 bits per heavy atom. The Bertz CT molecular complexity index is 889. The number of hydrogen-bond donors (Lipinski definition) is 1. The van der Waals surface area contributed by atoms with E-state index in [9.17, 15) is 22.8 Å². The van der Waals surface area contributed by atoms with Crippen LogP contribution in [0.25, 0.3) is 10.6 Å². The normalized spacial score (nSPS) is 15.3. The summed E-state index contributed by atoms with van der Waals surface area (Å²) in [5.41, 5.74) is -0.490. The molecule has 0 bridgehead atoms. The van der Waals surface area contributed by atoms with Gasteiger partial charge in [0.25, 0.3) is 0 Å². The molecule has 148 valence electrons. The lowest BCUT2D eigenvalue weighted by Gasteiger charge is -2.30. The van der Waals surface area contributed by atoms with E-state index in [1.54, 1.807) is 4.90 Å². The van der Waals surface area contributed by atoms with Gasteiger partial charge in [-0.05, 0) is 31.1 Å². The van der Waals surface area contributed by atoms with E-state index in [4.69, 9.17) is 0 Å². The van der Waals surface area contributed by atoms with Crippen molar-refractivity contribution in [3.8, 4) is 10.6 Å². The molecule has 1 aromatic carbocycles.